The molecular formula is C5H6N2. The summed E-state index contributed by atoms with van der Waals surface area (Å²) in [6.07, 6.45) is 5.50. The number of hydrogen-bond acceptors (Lipinski definition) is 2. The van der Waals surface area contributed by atoms with Crippen LogP contribution in [0.25, 0.3) is 0 Å². The topological polar surface area (TPSA) is 15.6 Å². The molecule has 0 aliphatic carbocycles. The lowest BCUT2D eigenvalue weighted by molar-refractivity contribution is 0.492. The highest BCUT2D eigenvalue weighted by Gasteiger charge is 1.80. The molecule has 1 rings (SSSR count). The van der Waals surface area contributed by atoms with Crippen LogP contribution in [0.15, 0.2) is 23.5 Å². The Kier molecular flexibility index (Phi) is 0.966. The second kappa shape index (κ2) is 1.63. The molecule has 0 unspecified atom stereocenters. The Morgan fingerprint density at radius 2 is 2.57 bits per heavy atom. The minimum atomic E-state index is 1.69. The van der Waals surface area contributed by atoms with E-state index in [1.54, 1.807) is 11.1 Å². The molecule has 0 amide bonds. The zero-order valence-corrected chi connectivity index (χ0v) is 4.13. The Balaban J connectivity index is 2.77. The second-order valence-corrected chi connectivity index (χ2v) is 1.31. The average molecular weight is 94.1 g/mol. The van der Waals surface area contributed by atoms with Crippen LogP contribution in [0, 0.1) is 0 Å². The summed E-state index contributed by atoms with van der Waals surface area (Å²) in [7, 11) is 1.86. The van der Waals surface area contributed by atoms with Gasteiger partial charge in [-0.25, -0.2) is 0 Å². The second-order valence-electron chi connectivity index (χ2n) is 1.31. The minimum Gasteiger partial charge on any atom is -0.268 e. The van der Waals surface area contributed by atoms with Gasteiger partial charge in [0.2, 0.25) is 0 Å². The van der Waals surface area contributed by atoms with Gasteiger partial charge in [-0.1, -0.05) is 0 Å². The highest BCUT2D eigenvalue weighted by Crippen LogP contribution is 1.86. The third kappa shape index (κ3) is 0.913. The van der Waals surface area contributed by atoms with E-state index in [9.17, 15) is 0 Å². The van der Waals surface area contributed by atoms with Gasteiger partial charge >= 0.3 is 0 Å². The summed E-state index contributed by atoms with van der Waals surface area (Å²) < 4.78 is 0. The molecule has 36 valence electrons. The van der Waals surface area contributed by atoms with E-state index in [-0.39, 0.29) is 0 Å². The zero-order valence-electron chi connectivity index (χ0n) is 4.13. The highest BCUT2D eigenvalue weighted by atomic mass is 15.4. The van der Waals surface area contributed by atoms with E-state index in [2.05, 4.69) is 11.0 Å². The van der Waals surface area contributed by atoms with Gasteiger partial charge in [0, 0.05) is 25.2 Å². The van der Waals surface area contributed by atoms with Gasteiger partial charge in [0.15, 0.2) is 0 Å². The first-order valence-corrected chi connectivity index (χ1v) is 2.08. The predicted octanol–water partition coefficient (Wildman–Crippen LogP) is 0.586. The van der Waals surface area contributed by atoms with Crippen LogP contribution in [0.4, 0.5) is 0 Å². The van der Waals surface area contributed by atoms with Crippen molar-refractivity contribution >= 4 is 5.87 Å². The fraction of sp³-hybridized carbons (Fsp3) is 0.200. The maximum absolute atomic E-state index is 3.77. The third-order valence-electron chi connectivity index (χ3n) is 0.688. The van der Waals surface area contributed by atoms with Crippen LogP contribution in [0.2, 0.25) is 0 Å². The van der Waals surface area contributed by atoms with Crippen LogP contribution in [0.5, 0.6) is 0 Å². The number of nitrogens with zero attached hydrogens (tertiary/aromatic N) is 2. The molecule has 1 aliphatic rings. The van der Waals surface area contributed by atoms with E-state index in [0.717, 1.165) is 0 Å². The van der Waals surface area contributed by atoms with Crippen LogP contribution in [0.3, 0.4) is 0 Å². The van der Waals surface area contributed by atoms with Crippen molar-refractivity contribution in [2.75, 3.05) is 7.05 Å². The summed E-state index contributed by atoms with van der Waals surface area (Å²) in [6.45, 7) is 0. The van der Waals surface area contributed by atoms with E-state index in [4.69, 9.17) is 0 Å². The Bertz CT molecular complexity index is 140. The Morgan fingerprint density at radius 1 is 1.71 bits per heavy atom. The average Bonchev–Trinajstić information content (AvgIpc) is 1.69. The summed E-state index contributed by atoms with van der Waals surface area (Å²) in [5.74, 6) is 2.67. The largest absolute Gasteiger partial charge is 0.268 e. The molecule has 0 radical (unpaired) electrons. The maximum atomic E-state index is 3.77. The zero-order chi connectivity index (χ0) is 5.11. The van der Waals surface area contributed by atoms with E-state index in [0.29, 0.717) is 0 Å². The molecule has 7 heavy (non-hydrogen) atoms. The fourth-order valence-corrected chi connectivity index (χ4v) is 0.368. The van der Waals surface area contributed by atoms with Gasteiger partial charge in [-0.05, 0) is 6.08 Å². The van der Waals surface area contributed by atoms with E-state index >= 15 is 0 Å². The third-order valence-corrected chi connectivity index (χ3v) is 0.688. The molecule has 0 spiro atoms. The molecule has 2 heteroatoms. The lowest BCUT2D eigenvalue weighted by Crippen LogP contribution is -2.00. The standard InChI is InChI=1S/C5H6N2/c1-7-5-3-2-4-6-7/h2-3,5H,1H3. The van der Waals surface area contributed by atoms with Crippen molar-refractivity contribution in [3.8, 4) is 0 Å². The van der Waals surface area contributed by atoms with Gasteiger partial charge in [0.05, 0.1) is 0 Å². The Morgan fingerprint density at radius 3 is 2.86 bits per heavy atom. The highest BCUT2D eigenvalue weighted by molar-refractivity contribution is 5.55. The maximum Gasteiger partial charge on any atom is 0.0304 e. The summed E-state index contributed by atoms with van der Waals surface area (Å²) in [6, 6.07) is 0. The van der Waals surface area contributed by atoms with Crippen LogP contribution in [-0.4, -0.2) is 17.9 Å². The van der Waals surface area contributed by atoms with Crippen molar-refractivity contribution in [1.82, 2.24) is 5.01 Å². The minimum absolute atomic E-state index is 1.69. The summed E-state index contributed by atoms with van der Waals surface area (Å²) >= 11 is 0. The molecule has 2 nitrogen and oxygen atoms in total. The molecule has 0 bridgehead atoms. The number of allylic oxidation sites excluding steroid dienone is 2. The van der Waals surface area contributed by atoms with E-state index < -0.39 is 0 Å². The molecule has 0 N–H and O–H groups in total. The molecule has 0 aromatic carbocycles. The van der Waals surface area contributed by atoms with Crippen molar-refractivity contribution in [3.63, 3.8) is 0 Å². The molecule has 0 atom stereocenters. The van der Waals surface area contributed by atoms with Gasteiger partial charge in [0.1, 0.15) is 0 Å². The van der Waals surface area contributed by atoms with Crippen LogP contribution in [-0.2, 0) is 0 Å². The van der Waals surface area contributed by atoms with Crippen LogP contribution >= 0.6 is 0 Å². The number of hydrogen-bond donors (Lipinski definition) is 0. The van der Waals surface area contributed by atoms with Gasteiger partial charge in [-0.3, -0.25) is 5.01 Å². The van der Waals surface area contributed by atoms with E-state index in [1.165, 1.54) is 0 Å². The molecule has 0 saturated heterocycles. The van der Waals surface area contributed by atoms with Gasteiger partial charge in [-0.15, -0.1) is 5.10 Å². The molecule has 0 fully saturated rings. The fourth-order valence-electron chi connectivity index (χ4n) is 0.368. The normalized spacial score (nSPS) is 15.9. The quantitative estimate of drug-likeness (QED) is 0.429. The van der Waals surface area contributed by atoms with E-state index in [1.807, 2.05) is 19.3 Å². The predicted molar refractivity (Wildman–Crippen MR) is 28.9 cm³/mol. The van der Waals surface area contributed by atoms with Crippen molar-refractivity contribution in [1.29, 1.82) is 0 Å². The Labute approximate surface area is 42.4 Å². The summed E-state index contributed by atoms with van der Waals surface area (Å²) in [5.41, 5.74) is 0. The monoisotopic (exact) mass is 94.1 g/mol. The first-order valence-electron chi connectivity index (χ1n) is 2.08. The first-order chi connectivity index (χ1) is 3.39. The van der Waals surface area contributed by atoms with Crippen molar-refractivity contribution in [2.24, 2.45) is 5.10 Å². The lowest BCUT2D eigenvalue weighted by Gasteiger charge is -2.02. The molecular weight excluding hydrogens is 88.1 g/mol. The number of rotatable bonds is 0. The lowest BCUT2D eigenvalue weighted by atomic mass is 10.6. The van der Waals surface area contributed by atoms with Crippen LogP contribution in [0.1, 0.15) is 0 Å². The molecule has 0 aromatic rings. The molecule has 0 saturated carbocycles. The summed E-state index contributed by atoms with van der Waals surface area (Å²) in [4.78, 5) is 0. The molecule has 1 heterocycles. The van der Waals surface area contributed by atoms with Gasteiger partial charge in [-0.2, -0.15) is 0 Å². The first kappa shape index (κ1) is 4.16. The van der Waals surface area contributed by atoms with Crippen molar-refractivity contribution in [2.45, 2.75) is 0 Å². The Hall–Kier alpha value is -1.01. The smallest absolute Gasteiger partial charge is 0.0304 e. The summed E-state index contributed by atoms with van der Waals surface area (Å²) in [5, 5.41) is 5.47. The van der Waals surface area contributed by atoms with Gasteiger partial charge < -0.3 is 0 Å². The van der Waals surface area contributed by atoms with Gasteiger partial charge in [0.25, 0.3) is 0 Å². The van der Waals surface area contributed by atoms with Crippen molar-refractivity contribution < 1.29 is 0 Å². The van der Waals surface area contributed by atoms with Crippen LogP contribution < -0.4 is 0 Å². The van der Waals surface area contributed by atoms with Crippen molar-refractivity contribution in [3.05, 3.63) is 18.4 Å². The number of hydrazone groups is 1. The SMILES string of the molecule is CN1C=CC=C=N1. The molecule has 1 aliphatic heterocycles. The molecule has 0 aromatic heterocycles.